The van der Waals surface area contributed by atoms with Gasteiger partial charge in [-0.3, -0.25) is 9.20 Å². The van der Waals surface area contributed by atoms with Gasteiger partial charge in [0, 0.05) is 6.20 Å². The highest BCUT2D eigenvalue weighted by molar-refractivity contribution is 5.95. The minimum Gasteiger partial charge on any atom is -0.344 e. The number of aryl methyl sites for hydroxylation is 2. The third-order valence-electron chi connectivity index (χ3n) is 4.59. The Bertz CT molecular complexity index is 881. The molecular formula is C19H19N3O. The SMILES string of the molecule is Cc1nc2ccccn2c1C(=O)N[C@@H]1CCCc2ccccc21. The molecule has 4 nitrogen and oxygen atoms in total. The summed E-state index contributed by atoms with van der Waals surface area (Å²) in [6.07, 6.45) is 5.07. The highest BCUT2D eigenvalue weighted by atomic mass is 16.2. The molecule has 0 fully saturated rings. The molecule has 23 heavy (non-hydrogen) atoms. The Labute approximate surface area is 135 Å². The van der Waals surface area contributed by atoms with Crippen LogP contribution < -0.4 is 5.32 Å². The predicted octanol–water partition coefficient (Wildman–Crippen LogP) is 3.45. The van der Waals surface area contributed by atoms with Gasteiger partial charge in [-0.2, -0.15) is 0 Å². The zero-order chi connectivity index (χ0) is 15.8. The molecule has 0 spiro atoms. The number of amides is 1. The van der Waals surface area contributed by atoms with Gasteiger partial charge in [-0.05, 0) is 49.4 Å². The van der Waals surface area contributed by atoms with Crippen LogP contribution in [-0.4, -0.2) is 15.3 Å². The van der Waals surface area contributed by atoms with Gasteiger partial charge in [-0.1, -0.05) is 30.3 Å². The topological polar surface area (TPSA) is 46.4 Å². The van der Waals surface area contributed by atoms with Crippen molar-refractivity contribution in [3.63, 3.8) is 0 Å². The third kappa shape index (κ3) is 2.40. The fraction of sp³-hybridized carbons (Fsp3) is 0.263. The maximum absolute atomic E-state index is 12.8. The highest BCUT2D eigenvalue weighted by Crippen LogP contribution is 2.29. The molecule has 1 aliphatic carbocycles. The molecule has 1 amide bonds. The second kappa shape index (κ2) is 5.54. The van der Waals surface area contributed by atoms with Gasteiger partial charge >= 0.3 is 0 Å². The predicted molar refractivity (Wildman–Crippen MR) is 89.5 cm³/mol. The Morgan fingerprint density at radius 3 is 2.96 bits per heavy atom. The van der Waals surface area contributed by atoms with E-state index >= 15 is 0 Å². The fourth-order valence-corrected chi connectivity index (χ4v) is 3.52. The minimum atomic E-state index is -0.0529. The van der Waals surface area contributed by atoms with E-state index in [4.69, 9.17) is 0 Å². The van der Waals surface area contributed by atoms with Gasteiger partial charge in [0.25, 0.3) is 5.91 Å². The summed E-state index contributed by atoms with van der Waals surface area (Å²) in [4.78, 5) is 17.3. The Hall–Kier alpha value is -2.62. The van der Waals surface area contributed by atoms with Gasteiger partial charge in [-0.25, -0.2) is 4.98 Å². The molecule has 1 N–H and O–H groups in total. The summed E-state index contributed by atoms with van der Waals surface area (Å²) in [6.45, 7) is 1.89. The van der Waals surface area contributed by atoms with Crippen LogP contribution in [0.2, 0.25) is 0 Å². The first-order valence-electron chi connectivity index (χ1n) is 8.06. The molecule has 0 saturated carbocycles. The second-order valence-electron chi connectivity index (χ2n) is 6.09. The number of pyridine rings is 1. The van der Waals surface area contributed by atoms with Crippen LogP contribution in [0, 0.1) is 6.92 Å². The molecular weight excluding hydrogens is 286 g/mol. The summed E-state index contributed by atoms with van der Waals surface area (Å²) >= 11 is 0. The van der Waals surface area contributed by atoms with Crippen LogP contribution in [-0.2, 0) is 6.42 Å². The largest absolute Gasteiger partial charge is 0.344 e. The van der Waals surface area contributed by atoms with E-state index in [-0.39, 0.29) is 11.9 Å². The van der Waals surface area contributed by atoms with Crippen LogP contribution in [0.4, 0.5) is 0 Å². The lowest BCUT2D eigenvalue weighted by atomic mass is 9.87. The standard InChI is InChI=1S/C19H19N3O/c1-13-18(22-12-5-4-11-17(22)20-13)19(23)21-16-10-6-8-14-7-2-3-9-15(14)16/h2-5,7,9,11-12,16H,6,8,10H2,1H3,(H,21,23)/t16-/m1/s1. The number of hydrogen-bond acceptors (Lipinski definition) is 2. The summed E-state index contributed by atoms with van der Waals surface area (Å²) < 4.78 is 1.86. The number of imidazole rings is 1. The number of nitrogens with one attached hydrogen (secondary N) is 1. The van der Waals surface area contributed by atoms with E-state index in [0.29, 0.717) is 5.69 Å². The number of rotatable bonds is 2. The third-order valence-corrected chi connectivity index (χ3v) is 4.59. The lowest BCUT2D eigenvalue weighted by Gasteiger charge is -2.26. The summed E-state index contributed by atoms with van der Waals surface area (Å²) in [6, 6.07) is 14.2. The van der Waals surface area contributed by atoms with Crippen molar-refractivity contribution in [1.82, 2.24) is 14.7 Å². The van der Waals surface area contributed by atoms with Gasteiger partial charge < -0.3 is 5.32 Å². The molecule has 0 saturated heterocycles. The number of hydrogen-bond donors (Lipinski definition) is 1. The van der Waals surface area contributed by atoms with Crippen LogP contribution in [0.5, 0.6) is 0 Å². The molecule has 4 rings (SSSR count). The van der Waals surface area contributed by atoms with Crippen LogP contribution in [0.1, 0.15) is 46.2 Å². The summed E-state index contributed by atoms with van der Waals surface area (Å²) in [7, 11) is 0. The van der Waals surface area contributed by atoms with Gasteiger partial charge in [-0.15, -0.1) is 0 Å². The molecule has 1 aliphatic rings. The molecule has 1 aromatic carbocycles. The van der Waals surface area contributed by atoms with Crippen LogP contribution >= 0.6 is 0 Å². The molecule has 116 valence electrons. The number of fused-ring (bicyclic) bond motifs is 2. The number of nitrogens with zero attached hydrogens (tertiary/aromatic N) is 2. The van der Waals surface area contributed by atoms with Crippen molar-refractivity contribution in [1.29, 1.82) is 0 Å². The molecule has 3 aromatic rings. The molecule has 2 heterocycles. The van der Waals surface area contributed by atoms with E-state index in [1.165, 1.54) is 11.1 Å². The Morgan fingerprint density at radius 1 is 1.22 bits per heavy atom. The first kappa shape index (κ1) is 14.0. The van der Waals surface area contributed by atoms with E-state index in [2.05, 4.69) is 28.5 Å². The van der Waals surface area contributed by atoms with E-state index in [1.807, 2.05) is 41.8 Å². The van der Waals surface area contributed by atoms with Crippen molar-refractivity contribution in [3.05, 3.63) is 71.2 Å². The lowest BCUT2D eigenvalue weighted by Crippen LogP contribution is -2.32. The second-order valence-corrected chi connectivity index (χ2v) is 6.09. The molecule has 1 atom stereocenters. The monoisotopic (exact) mass is 305 g/mol. The number of benzene rings is 1. The average molecular weight is 305 g/mol. The zero-order valence-corrected chi connectivity index (χ0v) is 13.1. The van der Waals surface area contributed by atoms with E-state index in [9.17, 15) is 4.79 Å². The smallest absolute Gasteiger partial charge is 0.270 e. The molecule has 0 unspecified atom stereocenters. The van der Waals surface area contributed by atoms with E-state index in [1.54, 1.807) is 0 Å². The number of aromatic nitrogens is 2. The van der Waals surface area contributed by atoms with Crippen molar-refractivity contribution in [2.45, 2.75) is 32.2 Å². The Morgan fingerprint density at radius 2 is 2.04 bits per heavy atom. The van der Waals surface area contributed by atoms with Crippen molar-refractivity contribution in [2.24, 2.45) is 0 Å². The summed E-state index contributed by atoms with van der Waals surface area (Å²) in [5.41, 5.74) is 4.79. The molecule has 2 aromatic heterocycles. The maximum atomic E-state index is 12.8. The van der Waals surface area contributed by atoms with Crippen molar-refractivity contribution in [2.75, 3.05) is 0 Å². The van der Waals surface area contributed by atoms with Gasteiger partial charge in [0.1, 0.15) is 11.3 Å². The van der Waals surface area contributed by atoms with Crippen LogP contribution in [0.3, 0.4) is 0 Å². The first-order valence-corrected chi connectivity index (χ1v) is 8.06. The average Bonchev–Trinajstić information content (AvgIpc) is 2.91. The van der Waals surface area contributed by atoms with Gasteiger partial charge in [0.2, 0.25) is 0 Å². The number of carbonyl (C=O) groups excluding carboxylic acids is 1. The van der Waals surface area contributed by atoms with E-state index in [0.717, 1.165) is 30.6 Å². The molecule has 0 radical (unpaired) electrons. The summed E-state index contributed by atoms with van der Waals surface area (Å²) in [5, 5.41) is 3.21. The van der Waals surface area contributed by atoms with E-state index < -0.39 is 0 Å². The van der Waals surface area contributed by atoms with Crippen molar-refractivity contribution in [3.8, 4) is 0 Å². The number of carbonyl (C=O) groups is 1. The first-order chi connectivity index (χ1) is 11.2. The molecule has 0 aliphatic heterocycles. The fourth-order valence-electron chi connectivity index (χ4n) is 3.52. The molecule has 0 bridgehead atoms. The molecule has 4 heteroatoms. The Balaban J connectivity index is 1.67. The van der Waals surface area contributed by atoms with Gasteiger partial charge in [0.15, 0.2) is 0 Å². The normalized spacial score (nSPS) is 17.0. The lowest BCUT2D eigenvalue weighted by molar-refractivity contribution is 0.0926. The van der Waals surface area contributed by atoms with Crippen LogP contribution in [0.25, 0.3) is 5.65 Å². The summed E-state index contributed by atoms with van der Waals surface area (Å²) in [5.74, 6) is -0.0529. The minimum absolute atomic E-state index is 0.0529. The van der Waals surface area contributed by atoms with Crippen molar-refractivity contribution < 1.29 is 4.79 Å². The van der Waals surface area contributed by atoms with Crippen molar-refractivity contribution >= 4 is 11.6 Å². The van der Waals surface area contributed by atoms with Gasteiger partial charge in [0.05, 0.1) is 11.7 Å². The Kier molecular flexibility index (Phi) is 3.37. The zero-order valence-electron chi connectivity index (χ0n) is 13.1. The quantitative estimate of drug-likeness (QED) is 0.788. The highest BCUT2D eigenvalue weighted by Gasteiger charge is 2.24. The van der Waals surface area contributed by atoms with Crippen LogP contribution in [0.15, 0.2) is 48.7 Å². The maximum Gasteiger partial charge on any atom is 0.270 e.